The van der Waals surface area contributed by atoms with Crippen molar-refractivity contribution < 1.29 is 27.5 Å². The molecule has 0 saturated heterocycles. The van der Waals surface area contributed by atoms with Crippen molar-refractivity contribution in [2.45, 2.75) is 6.18 Å². The van der Waals surface area contributed by atoms with Gasteiger partial charge in [0.15, 0.2) is 12.4 Å². The lowest BCUT2D eigenvalue weighted by atomic mass is 10.1. The van der Waals surface area contributed by atoms with Crippen molar-refractivity contribution in [3.63, 3.8) is 0 Å². The molecule has 1 aliphatic rings. The van der Waals surface area contributed by atoms with E-state index in [1.54, 1.807) is 6.07 Å². The average molecular weight is 336 g/mol. The first-order valence-corrected chi connectivity index (χ1v) is 6.89. The fraction of sp³-hybridized carbons (Fsp3) is 0.125. The molecule has 1 heterocycles. The van der Waals surface area contributed by atoms with E-state index in [0.29, 0.717) is 5.69 Å². The molecule has 8 heteroatoms. The van der Waals surface area contributed by atoms with Gasteiger partial charge in [-0.2, -0.15) is 13.2 Å². The Morgan fingerprint density at radius 2 is 1.92 bits per heavy atom. The quantitative estimate of drug-likeness (QED) is 0.884. The first-order chi connectivity index (χ1) is 11.3. The van der Waals surface area contributed by atoms with E-state index in [2.05, 4.69) is 10.6 Å². The van der Waals surface area contributed by atoms with E-state index in [-0.39, 0.29) is 29.5 Å². The van der Waals surface area contributed by atoms with E-state index in [1.165, 1.54) is 24.3 Å². The second-order valence-corrected chi connectivity index (χ2v) is 5.05. The first-order valence-electron chi connectivity index (χ1n) is 6.89. The Hall–Kier alpha value is -3.03. The SMILES string of the molecule is O=C1COc2c(cccc2C(=O)Nc2cccc(C(F)(F)F)c2)N1. The topological polar surface area (TPSA) is 67.4 Å². The molecule has 2 amide bonds. The number of halogens is 3. The van der Waals surface area contributed by atoms with Crippen LogP contribution in [0.1, 0.15) is 15.9 Å². The molecular formula is C16H11F3N2O3. The van der Waals surface area contributed by atoms with Crippen LogP contribution < -0.4 is 15.4 Å². The molecule has 1 aliphatic heterocycles. The summed E-state index contributed by atoms with van der Waals surface area (Å²) in [5, 5.41) is 4.96. The fourth-order valence-corrected chi connectivity index (χ4v) is 2.27. The minimum atomic E-state index is -4.50. The van der Waals surface area contributed by atoms with E-state index in [1.807, 2.05) is 0 Å². The molecule has 0 aliphatic carbocycles. The number of rotatable bonds is 2. The Kier molecular flexibility index (Phi) is 3.88. The van der Waals surface area contributed by atoms with Crippen molar-refractivity contribution in [2.24, 2.45) is 0 Å². The van der Waals surface area contributed by atoms with E-state index >= 15 is 0 Å². The maximum absolute atomic E-state index is 12.7. The summed E-state index contributed by atoms with van der Waals surface area (Å²) < 4.78 is 43.4. The van der Waals surface area contributed by atoms with Crippen LogP contribution in [-0.2, 0) is 11.0 Å². The minimum absolute atomic E-state index is 0.00673. The molecule has 0 atom stereocenters. The third-order valence-electron chi connectivity index (χ3n) is 3.33. The van der Waals surface area contributed by atoms with Crippen LogP contribution in [0.25, 0.3) is 0 Å². The molecule has 2 aromatic rings. The van der Waals surface area contributed by atoms with Gasteiger partial charge in [0.05, 0.1) is 16.8 Å². The summed E-state index contributed by atoms with van der Waals surface area (Å²) in [5.41, 5.74) is -0.404. The van der Waals surface area contributed by atoms with Gasteiger partial charge in [-0.1, -0.05) is 12.1 Å². The first kappa shape index (κ1) is 15.9. The van der Waals surface area contributed by atoms with Crippen molar-refractivity contribution in [2.75, 3.05) is 17.2 Å². The lowest BCUT2D eigenvalue weighted by Crippen LogP contribution is -2.27. The predicted octanol–water partition coefficient (Wildman–Crippen LogP) is 3.29. The smallest absolute Gasteiger partial charge is 0.416 e. The van der Waals surface area contributed by atoms with Crippen LogP contribution in [0, 0.1) is 0 Å². The lowest BCUT2D eigenvalue weighted by molar-refractivity contribution is -0.137. The summed E-state index contributed by atoms with van der Waals surface area (Å²) in [6.45, 7) is -0.235. The van der Waals surface area contributed by atoms with Crippen molar-refractivity contribution in [3.8, 4) is 5.75 Å². The highest BCUT2D eigenvalue weighted by Gasteiger charge is 2.30. The van der Waals surface area contributed by atoms with Crippen molar-refractivity contribution >= 4 is 23.2 Å². The van der Waals surface area contributed by atoms with Crippen LogP contribution in [-0.4, -0.2) is 18.4 Å². The molecule has 0 aromatic heterocycles. The molecular weight excluding hydrogens is 325 g/mol. The maximum Gasteiger partial charge on any atom is 0.416 e. The Balaban J connectivity index is 1.87. The predicted molar refractivity (Wildman–Crippen MR) is 80.0 cm³/mol. The number of amides is 2. The molecule has 0 spiro atoms. The van der Waals surface area contributed by atoms with Crippen LogP contribution in [0.15, 0.2) is 42.5 Å². The van der Waals surface area contributed by atoms with Crippen molar-refractivity contribution in [1.82, 2.24) is 0 Å². The van der Waals surface area contributed by atoms with E-state index in [4.69, 9.17) is 4.74 Å². The number of carbonyl (C=O) groups is 2. The number of alkyl halides is 3. The van der Waals surface area contributed by atoms with Gasteiger partial charge in [-0.05, 0) is 30.3 Å². The van der Waals surface area contributed by atoms with Gasteiger partial charge >= 0.3 is 6.18 Å². The number of fused-ring (bicyclic) bond motifs is 1. The summed E-state index contributed by atoms with van der Waals surface area (Å²) in [5.74, 6) is -0.804. The van der Waals surface area contributed by atoms with Crippen LogP contribution in [0.2, 0.25) is 0 Å². The largest absolute Gasteiger partial charge is 0.481 e. The zero-order valence-corrected chi connectivity index (χ0v) is 12.1. The summed E-state index contributed by atoms with van der Waals surface area (Å²) in [4.78, 5) is 23.6. The Bertz CT molecular complexity index is 818. The summed E-state index contributed by atoms with van der Waals surface area (Å²) >= 11 is 0. The normalized spacial score (nSPS) is 13.5. The van der Waals surface area contributed by atoms with Gasteiger partial charge in [-0.15, -0.1) is 0 Å². The van der Waals surface area contributed by atoms with E-state index in [9.17, 15) is 22.8 Å². The zero-order valence-electron chi connectivity index (χ0n) is 12.1. The molecule has 0 saturated carbocycles. The van der Waals surface area contributed by atoms with Gasteiger partial charge in [-0.3, -0.25) is 9.59 Å². The van der Waals surface area contributed by atoms with Gasteiger partial charge in [0.1, 0.15) is 0 Å². The standard InChI is InChI=1S/C16H11F3N2O3/c17-16(18,19)9-3-1-4-10(7-9)20-15(23)11-5-2-6-12-14(11)24-8-13(22)21-12/h1-7H,8H2,(H,20,23)(H,21,22). The monoisotopic (exact) mass is 336 g/mol. The number of anilines is 2. The Morgan fingerprint density at radius 1 is 1.17 bits per heavy atom. The molecule has 2 N–H and O–H groups in total. The molecule has 0 radical (unpaired) electrons. The number of nitrogens with one attached hydrogen (secondary N) is 2. The summed E-state index contributed by atoms with van der Waals surface area (Å²) in [7, 11) is 0. The van der Waals surface area contributed by atoms with Crippen LogP contribution in [0.5, 0.6) is 5.75 Å². The number of hydrogen-bond acceptors (Lipinski definition) is 3. The molecule has 3 rings (SSSR count). The highest BCUT2D eigenvalue weighted by atomic mass is 19.4. The third-order valence-corrected chi connectivity index (χ3v) is 3.33. The molecule has 0 bridgehead atoms. The number of para-hydroxylation sites is 1. The highest BCUT2D eigenvalue weighted by molar-refractivity contribution is 6.09. The number of ether oxygens (including phenoxy) is 1. The van der Waals surface area contributed by atoms with Gasteiger partial charge < -0.3 is 15.4 Å². The lowest BCUT2D eigenvalue weighted by Gasteiger charge is -2.20. The van der Waals surface area contributed by atoms with E-state index < -0.39 is 17.6 Å². The second-order valence-electron chi connectivity index (χ2n) is 5.05. The van der Waals surface area contributed by atoms with Crippen LogP contribution in [0.3, 0.4) is 0 Å². The number of benzene rings is 2. The molecule has 24 heavy (non-hydrogen) atoms. The maximum atomic E-state index is 12.7. The fourth-order valence-electron chi connectivity index (χ4n) is 2.27. The van der Waals surface area contributed by atoms with Gasteiger partial charge in [0, 0.05) is 5.69 Å². The molecule has 2 aromatic carbocycles. The zero-order chi connectivity index (χ0) is 17.3. The van der Waals surface area contributed by atoms with Gasteiger partial charge in [-0.25, -0.2) is 0 Å². The van der Waals surface area contributed by atoms with E-state index in [0.717, 1.165) is 12.1 Å². The van der Waals surface area contributed by atoms with Crippen molar-refractivity contribution in [1.29, 1.82) is 0 Å². The summed E-state index contributed by atoms with van der Waals surface area (Å²) in [6, 6.07) is 8.87. The highest BCUT2D eigenvalue weighted by Crippen LogP contribution is 2.33. The van der Waals surface area contributed by atoms with Gasteiger partial charge in [0.2, 0.25) is 0 Å². The second kappa shape index (κ2) is 5.88. The molecule has 0 unspecified atom stereocenters. The number of hydrogen-bond donors (Lipinski definition) is 2. The molecule has 0 fully saturated rings. The molecule has 124 valence electrons. The number of carbonyl (C=O) groups excluding carboxylic acids is 2. The Labute approximate surface area is 134 Å². The summed E-state index contributed by atoms with van der Waals surface area (Å²) in [6.07, 6.45) is -4.50. The average Bonchev–Trinajstić information content (AvgIpc) is 2.53. The van der Waals surface area contributed by atoms with Gasteiger partial charge in [0.25, 0.3) is 11.8 Å². The van der Waals surface area contributed by atoms with Crippen molar-refractivity contribution in [3.05, 3.63) is 53.6 Å². The minimum Gasteiger partial charge on any atom is -0.481 e. The Morgan fingerprint density at radius 3 is 2.67 bits per heavy atom. The third kappa shape index (κ3) is 3.17. The molecule has 5 nitrogen and oxygen atoms in total. The van der Waals surface area contributed by atoms with Crippen LogP contribution >= 0.6 is 0 Å². The van der Waals surface area contributed by atoms with Crippen LogP contribution in [0.4, 0.5) is 24.5 Å².